The van der Waals surface area contributed by atoms with Crippen molar-refractivity contribution in [3.63, 3.8) is 0 Å². The van der Waals surface area contributed by atoms with E-state index in [0.29, 0.717) is 20.4 Å². The average Bonchev–Trinajstić information content (AvgIpc) is 3.16. The third-order valence-corrected chi connectivity index (χ3v) is 9.47. The third-order valence-electron chi connectivity index (χ3n) is 6.01. The van der Waals surface area contributed by atoms with Crippen LogP contribution in [0, 0.1) is 12.3 Å². The molecule has 10 heteroatoms. The van der Waals surface area contributed by atoms with Crippen LogP contribution in [0.5, 0.6) is 0 Å². The van der Waals surface area contributed by atoms with Gasteiger partial charge in [-0.15, -0.1) is 6.42 Å². The van der Waals surface area contributed by atoms with Crippen molar-refractivity contribution in [2.24, 2.45) is 4.99 Å². The molecule has 178 valence electrons. The zero-order valence-electron chi connectivity index (χ0n) is 18.5. The van der Waals surface area contributed by atoms with Crippen molar-refractivity contribution in [1.29, 1.82) is 0 Å². The van der Waals surface area contributed by atoms with Gasteiger partial charge in [0.05, 0.1) is 26.7 Å². The Morgan fingerprint density at radius 2 is 1.88 bits per heavy atom. The van der Waals surface area contributed by atoms with Crippen LogP contribution in [0.1, 0.15) is 42.5 Å². The number of rotatable bonds is 5. The zero-order chi connectivity index (χ0) is 24.5. The van der Waals surface area contributed by atoms with Crippen LogP contribution >= 0.6 is 34.5 Å². The summed E-state index contributed by atoms with van der Waals surface area (Å²) in [6, 6.07) is 9.23. The van der Waals surface area contributed by atoms with Gasteiger partial charge < -0.3 is 4.57 Å². The maximum atomic E-state index is 13.1. The van der Waals surface area contributed by atoms with Crippen LogP contribution in [0.15, 0.2) is 46.3 Å². The molecular weight excluding hydrogens is 513 g/mol. The average molecular weight is 537 g/mol. The maximum Gasteiger partial charge on any atom is 0.279 e. The summed E-state index contributed by atoms with van der Waals surface area (Å²) in [4.78, 5) is 17.7. The standard InChI is InChI=1S/C24H23Cl2N3O3S2/c1-3-13-29-22-20(26)14-17(25)15-21(22)33-24(29)27-23(30)16-9-11-19(12-10-16)34(31,32)28(2)18-7-5-4-6-8-18/h1,9-12,14-15,18H,4-8,13H2,2H3. The quantitative estimate of drug-likeness (QED) is 0.414. The molecule has 0 radical (unpaired) electrons. The first-order valence-electron chi connectivity index (χ1n) is 10.8. The number of nitrogens with zero attached hydrogens (tertiary/aromatic N) is 3. The van der Waals surface area contributed by atoms with Crippen LogP contribution in [-0.2, 0) is 16.6 Å². The predicted octanol–water partition coefficient (Wildman–Crippen LogP) is 5.34. The molecule has 1 saturated carbocycles. The number of halogens is 2. The van der Waals surface area contributed by atoms with Gasteiger partial charge in [0.2, 0.25) is 10.0 Å². The van der Waals surface area contributed by atoms with Gasteiger partial charge >= 0.3 is 0 Å². The van der Waals surface area contributed by atoms with Crippen molar-refractivity contribution in [2.75, 3.05) is 7.05 Å². The lowest BCUT2D eigenvalue weighted by Crippen LogP contribution is -2.38. The number of amides is 1. The highest BCUT2D eigenvalue weighted by Crippen LogP contribution is 2.30. The second kappa shape index (κ2) is 10.2. The fraction of sp³-hybridized carbons (Fsp3) is 0.333. The summed E-state index contributed by atoms with van der Waals surface area (Å²) in [6.07, 6.45) is 10.5. The van der Waals surface area contributed by atoms with Gasteiger partial charge in [-0.1, -0.05) is 59.7 Å². The zero-order valence-corrected chi connectivity index (χ0v) is 21.6. The molecule has 1 fully saturated rings. The topological polar surface area (TPSA) is 71.7 Å². The Morgan fingerprint density at radius 3 is 2.53 bits per heavy atom. The SMILES string of the molecule is C#CCn1c(=NC(=O)c2ccc(S(=O)(=O)N(C)C3CCCCC3)cc2)sc2cc(Cl)cc(Cl)c21. The molecule has 1 aliphatic rings. The van der Waals surface area contributed by atoms with Gasteiger partial charge in [-0.2, -0.15) is 9.30 Å². The van der Waals surface area contributed by atoms with Gasteiger partial charge in [-0.05, 0) is 49.2 Å². The van der Waals surface area contributed by atoms with Gasteiger partial charge in [-0.25, -0.2) is 8.42 Å². The van der Waals surface area contributed by atoms with Gasteiger partial charge in [0.15, 0.2) is 4.80 Å². The van der Waals surface area contributed by atoms with Crippen molar-refractivity contribution in [3.05, 3.63) is 56.8 Å². The lowest BCUT2D eigenvalue weighted by atomic mass is 9.96. The number of hydrogen-bond donors (Lipinski definition) is 0. The Balaban J connectivity index is 1.65. The molecule has 1 heterocycles. The number of carbonyl (C=O) groups is 1. The van der Waals surface area contributed by atoms with Crippen molar-refractivity contribution in [1.82, 2.24) is 8.87 Å². The van der Waals surface area contributed by atoms with E-state index in [1.54, 1.807) is 23.7 Å². The number of thiazole rings is 1. The van der Waals surface area contributed by atoms with E-state index in [4.69, 9.17) is 29.6 Å². The molecule has 0 atom stereocenters. The number of sulfonamides is 1. The molecule has 4 rings (SSSR count). The largest absolute Gasteiger partial charge is 0.303 e. The van der Waals surface area contributed by atoms with Gasteiger partial charge in [0.1, 0.15) is 0 Å². The van der Waals surface area contributed by atoms with E-state index in [1.165, 1.54) is 39.9 Å². The number of fused-ring (bicyclic) bond motifs is 1. The van der Waals surface area contributed by atoms with E-state index in [0.717, 1.165) is 36.8 Å². The van der Waals surface area contributed by atoms with E-state index in [2.05, 4.69) is 10.9 Å². The van der Waals surface area contributed by atoms with Gasteiger partial charge in [0.25, 0.3) is 5.91 Å². The van der Waals surface area contributed by atoms with Crippen molar-refractivity contribution < 1.29 is 13.2 Å². The summed E-state index contributed by atoms with van der Waals surface area (Å²) in [5.41, 5.74) is 0.931. The van der Waals surface area contributed by atoms with Crippen molar-refractivity contribution >= 4 is 60.7 Å². The van der Waals surface area contributed by atoms with Crippen LogP contribution < -0.4 is 4.80 Å². The monoisotopic (exact) mass is 535 g/mol. The molecule has 0 bridgehead atoms. The Bertz CT molecular complexity index is 1450. The fourth-order valence-electron chi connectivity index (χ4n) is 4.18. The second-order valence-corrected chi connectivity index (χ2v) is 12.0. The lowest BCUT2D eigenvalue weighted by molar-refractivity contribution is 0.0998. The minimum absolute atomic E-state index is 0.00921. The minimum Gasteiger partial charge on any atom is -0.303 e. The van der Waals surface area contributed by atoms with E-state index < -0.39 is 15.9 Å². The highest BCUT2D eigenvalue weighted by molar-refractivity contribution is 7.89. The van der Waals surface area contributed by atoms with Crippen LogP contribution in [0.3, 0.4) is 0 Å². The van der Waals surface area contributed by atoms with E-state index in [-0.39, 0.29) is 23.0 Å². The maximum absolute atomic E-state index is 13.1. The number of benzene rings is 2. The summed E-state index contributed by atoms with van der Waals surface area (Å²) >= 11 is 13.7. The molecule has 0 saturated heterocycles. The van der Waals surface area contributed by atoms with Crippen LogP contribution in [-0.4, -0.2) is 36.3 Å². The summed E-state index contributed by atoms with van der Waals surface area (Å²) in [6.45, 7) is 0.179. The number of hydrogen-bond acceptors (Lipinski definition) is 4. The summed E-state index contributed by atoms with van der Waals surface area (Å²) in [5.74, 6) is 2.04. The Labute approximate surface area is 212 Å². The molecule has 3 aromatic rings. The minimum atomic E-state index is -3.64. The molecule has 34 heavy (non-hydrogen) atoms. The Kier molecular flexibility index (Phi) is 7.51. The summed E-state index contributed by atoms with van der Waals surface area (Å²) in [5, 5.41) is 0.888. The van der Waals surface area contributed by atoms with Crippen molar-refractivity contribution in [3.8, 4) is 12.3 Å². The first kappa shape index (κ1) is 25.0. The molecule has 1 amide bonds. The van der Waals surface area contributed by atoms with Crippen LogP contribution in [0.25, 0.3) is 10.2 Å². The van der Waals surface area contributed by atoms with Gasteiger partial charge in [0, 0.05) is 23.7 Å². The molecule has 1 aliphatic carbocycles. The molecule has 0 aliphatic heterocycles. The fourth-order valence-corrected chi connectivity index (χ4v) is 7.41. The third kappa shape index (κ3) is 4.95. The molecular formula is C24H23Cl2N3O3S2. The predicted molar refractivity (Wildman–Crippen MR) is 137 cm³/mol. The van der Waals surface area contributed by atoms with Crippen LogP contribution in [0.4, 0.5) is 0 Å². The van der Waals surface area contributed by atoms with E-state index in [1.807, 2.05) is 0 Å². The van der Waals surface area contributed by atoms with Crippen LogP contribution in [0.2, 0.25) is 10.0 Å². The first-order valence-corrected chi connectivity index (χ1v) is 13.8. The Hall–Kier alpha value is -2.15. The molecule has 2 aromatic carbocycles. The molecule has 0 spiro atoms. The molecule has 0 N–H and O–H groups in total. The van der Waals surface area contributed by atoms with Gasteiger partial charge in [-0.3, -0.25) is 4.79 Å². The number of terminal acetylenes is 1. The first-order chi connectivity index (χ1) is 16.2. The highest BCUT2D eigenvalue weighted by Gasteiger charge is 2.29. The molecule has 6 nitrogen and oxygen atoms in total. The Morgan fingerprint density at radius 1 is 1.21 bits per heavy atom. The number of aromatic nitrogens is 1. The van der Waals surface area contributed by atoms with Crippen molar-refractivity contribution in [2.45, 2.75) is 49.6 Å². The summed E-state index contributed by atoms with van der Waals surface area (Å²) in [7, 11) is -2.01. The summed E-state index contributed by atoms with van der Waals surface area (Å²) < 4.78 is 30.0. The highest BCUT2D eigenvalue weighted by atomic mass is 35.5. The molecule has 0 unspecified atom stereocenters. The van der Waals surface area contributed by atoms with E-state index in [9.17, 15) is 13.2 Å². The second-order valence-electron chi connectivity index (χ2n) is 8.16. The number of carbonyl (C=O) groups excluding carboxylic acids is 1. The van der Waals surface area contributed by atoms with E-state index >= 15 is 0 Å². The lowest BCUT2D eigenvalue weighted by Gasteiger charge is -2.30. The molecule has 1 aromatic heterocycles. The normalized spacial score (nSPS) is 15.7. The smallest absolute Gasteiger partial charge is 0.279 e.